The fourth-order valence-corrected chi connectivity index (χ4v) is 1.07. The average Bonchev–Trinajstić information content (AvgIpc) is 2.27. The zero-order valence-corrected chi connectivity index (χ0v) is 8.90. The minimum absolute atomic E-state index is 0.0868. The highest BCUT2D eigenvalue weighted by molar-refractivity contribution is 5.94. The number of aliphatic hydroxyl groups is 2. The lowest BCUT2D eigenvalue weighted by atomic mass is 10.1. The van der Waals surface area contributed by atoms with Crippen LogP contribution in [-0.2, 0) is 0 Å². The molecular weight excluding hydrogens is 213 g/mol. The zero-order chi connectivity index (χ0) is 12.2. The first kappa shape index (κ1) is 12.6. The number of amides is 1. The van der Waals surface area contributed by atoms with Gasteiger partial charge in [0.2, 0.25) is 0 Å². The van der Waals surface area contributed by atoms with E-state index in [-0.39, 0.29) is 12.1 Å². The first-order valence-corrected chi connectivity index (χ1v) is 4.82. The number of carbonyl (C=O) groups is 1. The van der Waals surface area contributed by atoms with Crippen molar-refractivity contribution in [1.29, 1.82) is 0 Å². The lowest BCUT2D eigenvalue weighted by molar-refractivity contribution is 0.00317. The largest absolute Gasteiger partial charge is 0.393 e. The molecule has 0 heterocycles. The second kappa shape index (κ2) is 5.05. The van der Waals surface area contributed by atoms with Gasteiger partial charge < -0.3 is 15.5 Å². The van der Waals surface area contributed by atoms with Crippen LogP contribution in [0.1, 0.15) is 17.3 Å². The van der Waals surface area contributed by atoms with Gasteiger partial charge in [0, 0.05) is 6.54 Å². The quantitative estimate of drug-likeness (QED) is 0.693. The maximum Gasteiger partial charge on any atom is 0.254 e. The molecular formula is C11H14FNO3. The Balaban J connectivity index is 2.64. The first-order valence-electron chi connectivity index (χ1n) is 4.82. The van der Waals surface area contributed by atoms with Crippen LogP contribution in [0.25, 0.3) is 0 Å². The summed E-state index contributed by atoms with van der Waals surface area (Å²) in [4.78, 5) is 11.5. The van der Waals surface area contributed by atoms with Gasteiger partial charge in [-0.05, 0) is 19.1 Å². The van der Waals surface area contributed by atoms with Crippen molar-refractivity contribution in [3.63, 3.8) is 0 Å². The van der Waals surface area contributed by atoms with Gasteiger partial charge in [0.05, 0.1) is 12.2 Å². The molecule has 0 spiro atoms. The number of halogens is 1. The highest BCUT2D eigenvalue weighted by Crippen LogP contribution is 2.06. The molecule has 1 amide bonds. The van der Waals surface area contributed by atoms with Crippen molar-refractivity contribution in [1.82, 2.24) is 5.32 Å². The van der Waals surface area contributed by atoms with Gasteiger partial charge in [-0.25, -0.2) is 4.39 Å². The summed E-state index contributed by atoms with van der Waals surface area (Å²) in [6, 6.07) is 5.55. The van der Waals surface area contributed by atoms with Crippen LogP contribution >= 0.6 is 0 Å². The summed E-state index contributed by atoms with van der Waals surface area (Å²) >= 11 is 0. The Labute approximate surface area is 92.7 Å². The molecule has 88 valence electrons. The zero-order valence-electron chi connectivity index (χ0n) is 8.90. The Hall–Kier alpha value is -1.46. The minimum atomic E-state index is -1.40. The number of aliphatic hydroxyl groups excluding tert-OH is 1. The van der Waals surface area contributed by atoms with Crippen molar-refractivity contribution in [3.8, 4) is 0 Å². The Kier molecular flexibility index (Phi) is 3.98. The summed E-state index contributed by atoms with van der Waals surface area (Å²) < 4.78 is 13.2. The summed E-state index contributed by atoms with van der Waals surface area (Å²) in [6.07, 6.45) is 0. The van der Waals surface area contributed by atoms with Crippen LogP contribution in [-0.4, -0.2) is 34.9 Å². The van der Waals surface area contributed by atoms with Gasteiger partial charge in [-0.15, -0.1) is 0 Å². The lowest BCUT2D eigenvalue weighted by Crippen LogP contribution is -2.43. The predicted octanol–water partition coefficient (Wildman–Crippen LogP) is 0.299. The van der Waals surface area contributed by atoms with Crippen LogP contribution in [0.3, 0.4) is 0 Å². The SMILES string of the molecule is CC(O)(CO)CNC(=O)c1ccccc1F. The maximum atomic E-state index is 13.2. The van der Waals surface area contributed by atoms with E-state index >= 15 is 0 Å². The second-order valence-electron chi connectivity index (χ2n) is 3.82. The van der Waals surface area contributed by atoms with E-state index in [2.05, 4.69) is 5.32 Å². The fourth-order valence-electron chi connectivity index (χ4n) is 1.07. The number of benzene rings is 1. The molecule has 0 aliphatic rings. The Morgan fingerprint density at radius 2 is 2.12 bits per heavy atom. The number of carbonyl (C=O) groups excluding carboxylic acids is 1. The topological polar surface area (TPSA) is 69.6 Å². The molecule has 1 rings (SSSR count). The van der Waals surface area contributed by atoms with Gasteiger partial charge in [0.1, 0.15) is 11.4 Å². The first-order chi connectivity index (χ1) is 7.46. The maximum absolute atomic E-state index is 13.2. The van der Waals surface area contributed by atoms with Crippen LogP contribution < -0.4 is 5.32 Å². The van der Waals surface area contributed by atoms with Crippen molar-refractivity contribution in [2.45, 2.75) is 12.5 Å². The summed E-state index contributed by atoms with van der Waals surface area (Å²) in [7, 11) is 0. The van der Waals surface area contributed by atoms with E-state index < -0.39 is 23.9 Å². The van der Waals surface area contributed by atoms with Gasteiger partial charge in [-0.1, -0.05) is 12.1 Å². The van der Waals surface area contributed by atoms with Gasteiger partial charge in [-0.2, -0.15) is 0 Å². The van der Waals surface area contributed by atoms with E-state index in [1.807, 2.05) is 0 Å². The van der Waals surface area contributed by atoms with E-state index in [9.17, 15) is 14.3 Å². The molecule has 0 saturated carbocycles. The van der Waals surface area contributed by atoms with Gasteiger partial charge in [0.25, 0.3) is 5.91 Å². The molecule has 1 atom stereocenters. The molecule has 0 fully saturated rings. The summed E-state index contributed by atoms with van der Waals surface area (Å²) in [5, 5.41) is 20.5. The molecule has 0 aliphatic heterocycles. The monoisotopic (exact) mass is 227 g/mol. The molecule has 5 heteroatoms. The van der Waals surface area contributed by atoms with E-state index in [4.69, 9.17) is 5.11 Å². The van der Waals surface area contributed by atoms with E-state index in [0.717, 1.165) is 0 Å². The summed E-state index contributed by atoms with van der Waals surface area (Å²) in [5.74, 6) is -1.24. The lowest BCUT2D eigenvalue weighted by Gasteiger charge is -2.20. The molecule has 0 aromatic heterocycles. The number of hydrogen-bond donors (Lipinski definition) is 3. The van der Waals surface area contributed by atoms with Crippen LogP contribution in [0, 0.1) is 5.82 Å². The van der Waals surface area contributed by atoms with Gasteiger partial charge in [-0.3, -0.25) is 4.79 Å². The van der Waals surface area contributed by atoms with Crippen molar-refractivity contribution >= 4 is 5.91 Å². The summed E-state index contributed by atoms with van der Waals surface area (Å²) in [5.41, 5.74) is -1.49. The number of rotatable bonds is 4. The van der Waals surface area contributed by atoms with Crippen LogP contribution in [0.5, 0.6) is 0 Å². The highest BCUT2D eigenvalue weighted by atomic mass is 19.1. The third-order valence-corrected chi connectivity index (χ3v) is 2.09. The number of nitrogens with one attached hydrogen (secondary N) is 1. The molecule has 0 aliphatic carbocycles. The van der Waals surface area contributed by atoms with E-state index in [1.165, 1.54) is 25.1 Å². The molecule has 0 bridgehead atoms. The Morgan fingerprint density at radius 1 is 1.50 bits per heavy atom. The molecule has 1 aromatic rings. The molecule has 0 saturated heterocycles. The molecule has 0 radical (unpaired) electrons. The number of hydrogen-bond acceptors (Lipinski definition) is 3. The predicted molar refractivity (Wildman–Crippen MR) is 56.4 cm³/mol. The standard InChI is InChI=1S/C11H14FNO3/c1-11(16,7-14)6-13-10(15)8-4-2-3-5-9(8)12/h2-5,14,16H,6-7H2,1H3,(H,13,15). The van der Waals surface area contributed by atoms with Crippen molar-refractivity contribution in [3.05, 3.63) is 35.6 Å². The third kappa shape index (κ3) is 3.29. The second-order valence-corrected chi connectivity index (χ2v) is 3.82. The molecule has 1 aromatic carbocycles. The van der Waals surface area contributed by atoms with Crippen molar-refractivity contribution in [2.24, 2.45) is 0 Å². The van der Waals surface area contributed by atoms with Crippen LogP contribution in [0.15, 0.2) is 24.3 Å². The van der Waals surface area contributed by atoms with E-state index in [0.29, 0.717) is 0 Å². The van der Waals surface area contributed by atoms with Gasteiger partial charge in [0.15, 0.2) is 0 Å². The van der Waals surface area contributed by atoms with Crippen LogP contribution in [0.2, 0.25) is 0 Å². The average molecular weight is 227 g/mol. The highest BCUT2D eigenvalue weighted by Gasteiger charge is 2.20. The summed E-state index contributed by atoms with van der Waals surface area (Å²) in [6.45, 7) is 0.746. The van der Waals surface area contributed by atoms with Crippen molar-refractivity contribution < 1.29 is 19.4 Å². The Bertz CT molecular complexity index is 379. The molecule has 1 unspecified atom stereocenters. The molecule has 3 N–H and O–H groups in total. The van der Waals surface area contributed by atoms with Crippen LogP contribution in [0.4, 0.5) is 4.39 Å². The third-order valence-electron chi connectivity index (χ3n) is 2.09. The van der Waals surface area contributed by atoms with E-state index in [1.54, 1.807) is 6.07 Å². The molecule has 16 heavy (non-hydrogen) atoms. The van der Waals surface area contributed by atoms with Gasteiger partial charge >= 0.3 is 0 Å². The Morgan fingerprint density at radius 3 is 2.69 bits per heavy atom. The minimum Gasteiger partial charge on any atom is -0.393 e. The smallest absolute Gasteiger partial charge is 0.254 e. The fraction of sp³-hybridized carbons (Fsp3) is 0.364. The molecule has 4 nitrogen and oxygen atoms in total. The normalized spacial score (nSPS) is 14.2. The van der Waals surface area contributed by atoms with Crippen molar-refractivity contribution in [2.75, 3.05) is 13.2 Å².